The highest BCUT2D eigenvalue weighted by Crippen LogP contribution is 2.19. The molecule has 3 N–H and O–H groups in total. The molecule has 2 rings (SSSR count). The molecule has 2 atom stereocenters. The Morgan fingerprint density at radius 3 is 2.43 bits per heavy atom. The minimum absolute atomic E-state index is 0.137. The molecule has 0 heterocycles. The van der Waals surface area contributed by atoms with Crippen molar-refractivity contribution in [3.63, 3.8) is 0 Å². The second-order valence-corrected chi connectivity index (χ2v) is 4.90. The van der Waals surface area contributed by atoms with Crippen LogP contribution in [-0.4, -0.2) is 13.0 Å². The number of carbonyl (C=O) groups excluding carboxylic acids is 1. The number of nitrogens with two attached hydrogens (primary N) is 1. The summed E-state index contributed by atoms with van der Waals surface area (Å²) in [5.41, 5.74) is 7.76. The van der Waals surface area contributed by atoms with Crippen LogP contribution in [0.15, 0.2) is 54.6 Å². The summed E-state index contributed by atoms with van der Waals surface area (Å²) >= 11 is 0. The molecule has 0 aliphatic heterocycles. The van der Waals surface area contributed by atoms with Gasteiger partial charge >= 0.3 is 0 Å². The second kappa shape index (κ2) is 6.90. The van der Waals surface area contributed by atoms with Crippen LogP contribution in [0.4, 0.5) is 0 Å². The molecule has 4 heteroatoms. The van der Waals surface area contributed by atoms with Gasteiger partial charge in [-0.2, -0.15) is 0 Å². The molecule has 0 spiro atoms. The molecule has 0 saturated heterocycles. The van der Waals surface area contributed by atoms with Crippen LogP contribution >= 0.6 is 0 Å². The van der Waals surface area contributed by atoms with Gasteiger partial charge in [0.1, 0.15) is 11.8 Å². The van der Waals surface area contributed by atoms with E-state index < -0.39 is 6.04 Å². The maximum absolute atomic E-state index is 12.2. The highest BCUT2D eigenvalue weighted by atomic mass is 16.5. The minimum atomic E-state index is -0.667. The van der Waals surface area contributed by atoms with Gasteiger partial charge in [-0.1, -0.05) is 42.5 Å². The summed E-state index contributed by atoms with van der Waals surface area (Å²) in [6.45, 7) is 1.92. The Hall–Kier alpha value is -2.33. The van der Waals surface area contributed by atoms with E-state index in [-0.39, 0.29) is 11.9 Å². The molecule has 0 fully saturated rings. The summed E-state index contributed by atoms with van der Waals surface area (Å²) in [5, 5.41) is 2.93. The van der Waals surface area contributed by atoms with Crippen molar-refractivity contribution in [3.8, 4) is 5.75 Å². The van der Waals surface area contributed by atoms with Gasteiger partial charge < -0.3 is 15.8 Å². The van der Waals surface area contributed by atoms with E-state index in [0.717, 1.165) is 16.9 Å². The van der Waals surface area contributed by atoms with Crippen molar-refractivity contribution < 1.29 is 9.53 Å². The SMILES string of the molecule is COc1cccc([C@@H](C)NC(=O)[C@H](N)c2ccccc2)c1. The van der Waals surface area contributed by atoms with E-state index in [0.29, 0.717) is 0 Å². The lowest BCUT2D eigenvalue weighted by Gasteiger charge is -2.18. The first-order valence-electron chi connectivity index (χ1n) is 6.86. The zero-order valence-corrected chi connectivity index (χ0v) is 12.2. The first kappa shape index (κ1) is 15.1. The summed E-state index contributed by atoms with van der Waals surface area (Å²) in [5.74, 6) is 0.567. The number of amides is 1. The van der Waals surface area contributed by atoms with Crippen molar-refractivity contribution in [1.82, 2.24) is 5.32 Å². The zero-order chi connectivity index (χ0) is 15.2. The largest absolute Gasteiger partial charge is 0.497 e. The van der Waals surface area contributed by atoms with Crippen molar-refractivity contribution in [3.05, 3.63) is 65.7 Å². The monoisotopic (exact) mass is 284 g/mol. The van der Waals surface area contributed by atoms with Crippen LogP contribution in [0.25, 0.3) is 0 Å². The first-order valence-corrected chi connectivity index (χ1v) is 6.86. The van der Waals surface area contributed by atoms with E-state index in [4.69, 9.17) is 10.5 Å². The highest BCUT2D eigenvalue weighted by molar-refractivity contribution is 5.83. The van der Waals surface area contributed by atoms with E-state index in [9.17, 15) is 4.79 Å². The van der Waals surface area contributed by atoms with Crippen LogP contribution in [0.5, 0.6) is 5.75 Å². The molecule has 0 saturated carbocycles. The fraction of sp³-hybridized carbons (Fsp3) is 0.235. The molecule has 110 valence electrons. The zero-order valence-electron chi connectivity index (χ0n) is 12.2. The van der Waals surface area contributed by atoms with Crippen molar-refractivity contribution in [1.29, 1.82) is 0 Å². The van der Waals surface area contributed by atoms with Crippen molar-refractivity contribution in [2.24, 2.45) is 5.73 Å². The smallest absolute Gasteiger partial charge is 0.241 e. The number of nitrogens with one attached hydrogen (secondary N) is 1. The third-order valence-corrected chi connectivity index (χ3v) is 3.39. The number of benzene rings is 2. The highest BCUT2D eigenvalue weighted by Gasteiger charge is 2.18. The summed E-state index contributed by atoms with van der Waals surface area (Å²) in [4.78, 5) is 12.2. The normalized spacial score (nSPS) is 13.3. The Morgan fingerprint density at radius 1 is 1.10 bits per heavy atom. The predicted molar refractivity (Wildman–Crippen MR) is 82.9 cm³/mol. The Balaban J connectivity index is 2.04. The van der Waals surface area contributed by atoms with Crippen LogP contribution < -0.4 is 15.8 Å². The Morgan fingerprint density at radius 2 is 1.76 bits per heavy atom. The molecule has 2 aromatic rings. The fourth-order valence-corrected chi connectivity index (χ4v) is 2.11. The Bertz CT molecular complexity index is 599. The van der Waals surface area contributed by atoms with Crippen molar-refractivity contribution in [2.45, 2.75) is 19.0 Å². The van der Waals surface area contributed by atoms with Crippen molar-refractivity contribution >= 4 is 5.91 Å². The van der Waals surface area contributed by atoms with E-state index in [1.54, 1.807) is 7.11 Å². The van der Waals surface area contributed by atoms with E-state index in [2.05, 4.69) is 5.32 Å². The first-order chi connectivity index (χ1) is 10.1. The maximum Gasteiger partial charge on any atom is 0.241 e. The quantitative estimate of drug-likeness (QED) is 0.887. The molecule has 0 bridgehead atoms. The topological polar surface area (TPSA) is 64.3 Å². The molecule has 0 aliphatic carbocycles. The molecule has 1 amide bonds. The van der Waals surface area contributed by atoms with Crippen LogP contribution in [0.1, 0.15) is 30.1 Å². The van der Waals surface area contributed by atoms with Gasteiger partial charge in [-0.05, 0) is 30.2 Å². The van der Waals surface area contributed by atoms with Gasteiger partial charge in [-0.25, -0.2) is 0 Å². The number of hydrogen-bond acceptors (Lipinski definition) is 3. The Kier molecular flexibility index (Phi) is 4.95. The van der Waals surface area contributed by atoms with Gasteiger partial charge in [0.2, 0.25) is 5.91 Å². The summed E-state index contributed by atoms with van der Waals surface area (Å²) in [7, 11) is 1.62. The van der Waals surface area contributed by atoms with Crippen LogP contribution in [0.3, 0.4) is 0 Å². The third-order valence-electron chi connectivity index (χ3n) is 3.39. The minimum Gasteiger partial charge on any atom is -0.497 e. The van der Waals surface area contributed by atoms with Gasteiger partial charge in [0.25, 0.3) is 0 Å². The van der Waals surface area contributed by atoms with Gasteiger partial charge in [-0.15, -0.1) is 0 Å². The standard InChI is InChI=1S/C17H20N2O2/c1-12(14-9-6-10-15(11-14)21-2)19-17(20)16(18)13-7-4-3-5-8-13/h3-12,16H,18H2,1-2H3,(H,19,20)/t12-,16-/m1/s1. The Labute approximate surface area is 124 Å². The molecule has 4 nitrogen and oxygen atoms in total. The molecular formula is C17H20N2O2. The average molecular weight is 284 g/mol. The number of methoxy groups -OCH3 is 1. The molecule has 0 aromatic heterocycles. The summed E-state index contributed by atoms with van der Waals surface area (Å²) in [6, 6.07) is 16.1. The van der Waals surface area contributed by atoms with E-state index in [1.165, 1.54) is 0 Å². The molecule has 0 unspecified atom stereocenters. The van der Waals surface area contributed by atoms with Gasteiger partial charge in [0.15, 0.2) is 0 Å². The molecule has 2 aromatic carbocycles. The summed E-state index contributed by atoms with van der Waals surface area (Å²) < 4.78 is 5.19. The average Bonchev–Trinajstić information content (AvgIpc) is 2.54. The van der Waals surface area contributed by atoms with E-state index >= 15 is 0 Å². The molecule has 0 aliphatic rings. The molecule has 21 heavy (non-hydrogen) atoms. The summed E-state index contributed by atoms with van der Waals surface area (Å²) in [6.07, 6.45) is 0. The van der Waals surface area contributed by atoms with Gasteiger partial charge in [0.05, 0.1) is 13.2 Å². The van der Waals surface area contributed by atoms with Gasteiger partial charge in [-0.3, -0.25) is 4.79 Å². The lowest BCUT2D eigenvalue weighted by atomic mass is 10.0. The van der Waals surface area contributed by atoms with Crippen LogP contribution in [0, 0.1) is 0 Å². The lowest BCUT2D eigenvalue weighted by molar-refractivity contribution is -0.123. The maximum atomic E-state index is 12.2. The molecular weight excluding hydrogens is 264 g/mol. The number of hydrogen-bond donors (Lipinski definition) is 2. The van der Waals surface area contributed by atoms with Crippen LogP contribution in [-0.2, 0) is 4.79 Å². The number of ether oxygens (including phenoxy) is 1. The number of rotatable bonds is 5. The van der Waals surface area contributed by atoms with E-state index in [1.807, 2.05) is 61.5 Å². The second-order valence-electron chi connectivity index (χ2n) is 4.90. The van der Waals surface area contributed by atoms with Crippen LogP contribution in [0.2, 0.25) is 0 Å². The van der Waals surface area contributed by atoms with Crippen molar-refractivity contribution in [2.75, 3.05) is 7.11 Å². The molecule has 0 radical (unpaired) electrons. The third kappa shape index (κ3) is 3.83. The fourth-order valence-electron chi connectivity index (χ4n) is 2.11. The predicted octanol–water partition coefficient (Wildman–Crippen LogP) is 2.57. The lowest BCUT2D eigenvalue weighted by Crippen LogP contribution is -2.35. The van der Waals surface area contributed by atoms with Gasteiger partial charge in [0, 0.05) is 0 Å². The number of carbonyl (C=O) groups is 1.